The highest BCUT2D eigenvalue weighted by Crippen LogP contribution is 2.34. The smallest absolute Gasteiger partial charge is 0.0644 e. The molecule has 1 saturated heterocycles. The third kappa shape index (κ3) is 3.33. The zero-order valence-electron chi connectivity index (χ0n) is 10.9. The van der Waals surface area contributed by atoms with Gasteiger partial charge in [0.25, 0.3) is 0 Å². The van der Waals surface area contributed by atoms with Crippen molar-refractivity contribution in [2.45, 2.75) is 44.4 Å². The van der Waals surface area contributed by atoms with Crippen LogP contribution >= 0.6 is 27.3 Å². The molecule has 0 amide bonds. The third-order valence-electron chi connectivity index (χ3n) is 3.65. The summed E-state index contributed by atoms with van der Waals surface area (Å²) in [7, 11) is 0. The summed E-state index contributed by atoms with van der Waals surface area (Å²) in [5.74, 6) is 0. The Hall–Kier alpha value is 0.0600. The minimum absolute atomic E-state index is 0.0959. The first kappa shape index (κ1) is 14.5. The summed E-state index contributed by atoms with van der Waals surface area (Å²) in [6.45, 7) is 5.81. The number of likely N-dealkylation sites (tertiary alicyclic amines) is 1. The molecule has 0 radical (unpaired) electrons. The van der Waals surface area contributed by atoms with E-state index in [1.54, 1.807) is 11.3 Å². The van der Waals surface area contributed by atoms with Crippen LogP contribution in [0.4, 0.5) is 0 Å². The van der Waals surface area contributed by atoms with Crippen LogP contribution in [0.5, 0.6) is 0 Å². The van der Waals surface area contributed by atoms with Gasteiger partial charge in [-0.15, -0.1) is 11.3 Å². The molecule has 5 heteroatoms. The van der Waals surface area contributed by atoms with Crippen LogP contribution in [0, 0.1) is 0 Å². The second-order valence-electron chi connectivity index (χ2n) is 5.50. The summed E-state index contributed by atoms with van der Waals surface area (Å²) >= 11 is 5.25. The molecule has 0 bridgehead atoms. The van der Waals surface area contributed by atoms with E-state index in [1.807, 2.05) is 6.92 Å². The molecule has 1 aromatic rings. The maximum Gasteiger partial charge on any atom is 0.0644 e. The molecule has 18 heavy (non-hydrogen) atoms. The van der Waals surface area contributed by atoms with Crippen molar-refractivity contribution in [3.05, 3.63) is 20.8 Å². The van der Waals surface area contributed by atoms with Gasteiger partial charge in [-0.1, -0.05) is 0 Å². The number of hydrogen-bond acceptors (Lipinski definition) is 4. The molecule has 2 atom stereocenters. The van der Waals surface area contributed by atoms with E-state index in [2.05, 4.69) is 39.2 Å². The summed E-state index contributed by atoms with van der Waals surface area (Å²) in [6.07, 6.45) is 1.64. The molecule has 1 aliphatic rings. The average Bonchev–Trinajstić information content (AvgIpc) is 2.67. The highest BCUT2D eigenvalue weighted by molar-refractivity contribution is 9.10. The number of aliphatic hydroxyl groups is 1. The molecule has 102 valence electrons. The van der Waals surface area contributed by atoms with Gasteiger partial charge in [0.05, 0.1) is 11.6 Å². The number of piperidine rings is 1. The molecule has 2 heterocycles. The standard InChI is InChI=1S/C13H21BrN2OS/c1-9(15)12(11-7-10(14)8-18-11)16-5-3-13(2,17)4-6-16/h7-9,12,17H,3-6,15H2,1-2H3. The Morgan fingerprint density at radius 2 is 2.11 bits per heavy atom. The van der Waals surface area contributed by atoms with Gasteiger partial charge in [-0.05, 0) is 48.7 Å². The molecule has 1 aromatic heterocycles. The molecule has 2 rings (SSSR count). The van der Waals surface area contributed by atoms with E-state index >= 15 is 0 Å². The second-order valence-corrected chi connectivity index (χ2v) is 7.36. The van der Waals surface area contributed by atoms with Gasteiger partial charge in [0.1, 0.15) is 0 Å². The molecular weight excluding hydrogens is 312 g/mol. The Balaban J connectivity index is 2.12. The Kier molecular flexibility index (Phi) is 4.49. The average molecular weight is 333 g/mol. The first-order chi connectivity index (χ1) is 8.39. The number of hydrogen-bond donors (Lipinski definition) is 2. The van der Waals surface area contributed by atoms with E-state index in [0.717, 1.165) is 30.4 Å². The van der Waals surface area contributed by atoms with E-state index in [0.29, 0.717) is 0 Å². The Labute approximate surface area is 121 Å². The van der Waals surface area contributed by atoms with Crippen molar-refractivity contribution in [3.8, 4) is 0 Å². The first-order valence-electron chi connectivity index (χ1n) is 6.35. The summed E-state index contributed by atoms with van der Waals surface area (Å²) in [5, 5.41) is 12.1. The van der Waals surface area contributed by atoms with Gasteiger partial charge in [-0.2, -0.15) is 0 Å². The Morgan fingerprint density at radius 3 is 2.56 bits per heavy atom. The van der Waals surface area contributed by atoms with E-state index < -0.39 is 5.60 Å². The molecule has 1 aliphatic heterocycles. The molecule has 0 spiro atoms. The first-order valence-corrected chi connectivity index (χ1v) is 8.02. The summed E-state index contributed by atoms with van der Waals surface area (Å²) < 4.78 is 1.12. The Morgan fingerprint density at radius 1 is 1.50 bits per heavy atom. The van der Waals surface area contributed by atoms with Crippen LogP contribution in [-0.2, 0) is 0 Å². The van der Waals surface area contributed by atoms with E-state index in [4.69, 9.17) is 5.73 Å². The molecule has 3 N–H and O–H groups in total. The van der Waals surface area contributed by atoms with Crippen LogP contribution < -0.4 is 5.73 Å². The predicted octanol–water partition coefficient (Wildman–Crippen LogP) is 2.75. The van der Waals surface area contributed by atoms with Crippen molar-refractivity contribution in [1.82, 2.24) is 4.90 Å². The molecule has 0 aromatic carbocycles. The maximum absolute atomic E-state index is 10.0. The van der Waals surface area contributed by atoms with Gasteiger partial charge in [-0.3, -0.25) is 4.90 Å². The minimum Gasteiger partial charge on any atom is -0.390 e. The second kappa shape index (κ2) is 5.59. The highest BCUT2D eigenvalue weighted by atomic mass is 79.9. The molecule has 1 fully saturated rings. The van der Waals surface area contributed by atoms with Gasteiger partial charge in [0.2, 0.25) is 0 Å². The predicted molar refractivity (Wildman–Crippen MR) is 79.8 cm³/mol. The fraction of sp³-hybridized carbons (Fsp3) is 0.692. The molecule has 2 unspecified atom stereocenters. The number of nitrogens with two attached hydrogens (primary N) is 1. The lowest BCUT2D eigenvalue weighted by Crippen LogP contribution is -2.47. The number of halogens is 1. The number of rotatable bonds is 3. The fourth-order valence-corrected chi connectivity index (χ4v) is 4.23. The Bertz CT molecular complexity index is 395. The van der Waals surface area contributed by atoms with Crippen molar-refractivity contribution in [2.75, 3.05) is 13.1 Å². The largest absolute Gasteiger partial charge is 0.390 e. The summed E-state index contributed by atoms with van der Waals surface area (Å²) in [4.78, 5) is 3.71. The molecule has 3 nitrogen and oxygen atoms in total. The van der Waals surface area contributed by atoms with Crippen molar-refractivity contribution in [1.29, 1.82) is 0 Å². The fourth-order valence-electron chi connectivity index (χ4n) is 2.54. The van der Waals surface area contributed by atoms with Crippen LogP contribution in [0.25, 0.3) is 0 Å². The van der Waals surface area contributed by atoms with Crippen molar-refractivity contribution in [2.24, 2.45) is 5.73 Å². The van der Waals surface area contributed by atoms with Gasteiger partial charge in [0, 0.05) is 33.9 Å². The molecular formula is C13H21BrN2OS. The zero-order valence-corrected chi connectivity index (χ0v) is 13.3. The van der Waals surface area contributed by atoms with Crippen LogP contribution in [-0.4, -0.2) is 34.7 Å². The van der Waals surface area contributed by atoms with Gasteiger partial charge in [-0.25, -0.2) is 0 Å². The number of thiophene rings is 1. The van der Waals surface area contributed by atoms with Crippen LogP contribution in [0.3, 0.4) is 0 Å². The maximum atomic E-state index is 10.0. The monoisotopic (exact) mass is 332 g/mol. The summed E-state index contributed by atoms with van der Waals surface area (Å²) in [5.41, 5.74) is 5.66. The quantitative estimate of drug-likeness (QED) is 0.894. The lowest BCUT2D eigenvalue weighted by Gasteiger charge is -2.41. The number of nitrogens with zero attached hydrogens (tertiary/aromatic N) is 1. The third-order valence-corrected chi connectivity index (χ3v) is 5.41. The zero-order chi connectivity index (χ0) is 13.3. The van der Waals surface area contributed by atoms with Crippen LogP contribution in [0.1, 0.15) is 37.6 Å². The van der Waals surface area contributed by atoms with Crippen molar-refractivity contribution in [3.63, 3.8) is 0 Å². The van der Waals surface area contributed by atoms with E-state index in [9.17, 15) is 5.11 Å². The van der Waals surface area contributed by atoms with Gasteiger partial charge >= 0.3 is 0 Å². The SMILES string of the molecule is CC(N)C(c1cc(Br)cs1)N1CCC(C)(O)CC1. The van der Waals surface area contributed by atoms with Crippen molar-refractivity contribution >= 4 is 27.3 Å². The van der Waals surface area contributed by atoms with Gasteiger partial charge in [0.15, 0.2) is 0 Å². The highest BCUT2D eigenvalue weighted by Gasteiger charge is 2.33. The van der Waals surface area contributed by atoms with Crippen LogP contribution in [0.15, 0.2) is 15.9 Å². The van der Waals surface area contributed by atoms with E-state index in [1.165, 1.54) is 4.88 Å². The minimum atomic E-state index is -0.505. The van der Waals surface area contributed by atoms with Crippen LogP contribution in [0.2, 0.25) is 0 Å². The summed E-state index contributed by atoms with van der Waals surface area (Å²) in [6, 6.07) is 2.52. The van der Waals surface area contributed by atoms with Gasteiger partial charge < -0.3 is 10.8 Å². The van der Waals surface area contributed by atoms with Crippen molar-refractivity contribution < 1.29 is 5.11 Å². The topological polar surface area (TPSA) is 49.5 Å². The van der Waals surface area contributed by atoms with E-state index in [-0.39, 0.29) is 12.1 Å². The normalized spacial score (nSPS) is 23.8. The lowest BCUT2D eigenvalue weighted by molar-refractivity contribution is -0.0189. The molecule has 0 aliphatic carbocycles. The lowest BCUT2D eigenvalue weighted by atomic mass is 9.92. The molecule has 0 saturated carbocycles.